The van der Waals surface area contributed by atoms with Crippen molar-refractivity contribution in [2.24, 2.45) is 5.41 Å². The van der Waals surface area contributed by atoms with E-state index in [4.69, 9.17) is 16.3 Å². The SMILES string of the molecule is C[C@H]1CC2(CCN(c3ccc(N4CCC(N(C)C(=O)OC(C)(C)C)CC4)cc3)CC2)CN1c1ccc(C#N)c(Cl)c1. The van der Waals surface area contributed by atoms with Crippen LogP contribution in [0.4, 0.5) is 21.9 Å². The van der Waals surface area contributed by atoms with Gasteiger partial charge in [-0.05, 0) is 108 Å². The number of halogens is 1. The van der Waals surface area contributed by atoms with Crippen molar-refractivity contribution >= 4 is 34.8 Å². The van der Waals surface area contributed by atoms with E-state index in [-0.39, 0.29) is 12.1 Å². The van der Waals surface area contributed by atoms with Gasteiger partial charge in [0.25, 0.3) is 0 Å². The molecule has 3 heterocycles. The fourth-order valence-electron chi connectivity index (χ4n) is 6.91. The monoisotopic (exact) mass is 577 g/mol. The Morgan fingerprint density at radius 3 is 2.10 bits per heavy atom. The van der Waals surface area contributed by atoms with Gasteiger partial charge in [0.15, 0.2) is 0 Å². The molecule has 3 saturated heterocycles. The quantitative estimate of drug-likeness (QED) is 0.392. The average molecular weight is 578 g/mol. The van der Waals surface area contributed by atoms with Crippen molar-refractivity contribution in [3.63, 3.8) is 0 Å². The lowest BCUT2D eigenvalue weighted by Crippen LogP contribution is -2.47. The van der Waals surface area contributed by atoms with Crippen molar-refractivity contribution in [2.75, 3.05) is 54.5 Å². The van der Waals surface area contributed by atoms with Crippen molar-refractivity contribution in [3.8, 4) is 6.07 Å². The molecule has 0 aromatic heterocycles. The Morgan fingerprint density at radius 1 is 1.00 bits per heavy atom. The number of hydrogen-bond acceptors (Lipinski definition) is 6. The van der Waals surface area contributed by atoms with E-state index >= 15 is 0 Å². The predicted octanol–water partition coefficient (Wildman–Crippen LogP) is 6.93. The Hall–Kier alpha value is -3.11. The standard InChI is InChI=1S/C33H44ClN5O2/c1-24-21-33(23-39(24)29-7-6-25(22-35)30(34)20-29)14-18-38(19-15-33)28-10-8-27(9-11-28)37-16-12-26(13-17-37)36(5)31(40)41-32(2,3)4/h6-11,20,24,26H,12-19,21,23H2,1-5H3/t24-/m0/s1. The van der Waals surface area contributed by atoms with Crippen molar-refractivity contribution < 1.29 is 9.53 Å². The summed E-state index contributed by atoms with van der Waals surface area (Å²) in [7, 11) is 1.86. The summed E-state index contributed by atoms with van der Waals surface area (Å²) in [6.07, 6.45) is 5.20. The second-order valence-corrected chi connectivity index (χ2v) is 13.7. The first-order valence-electron chi connectivity index (χ1n) is 15.0. The zero-order valence-electron chi connectivity index (χ0n) is 25.2. The molecule has 220 valence electrons. The van der Waals surface area contributed by atoms with Crippen LogP contribution >= 0.6 is 11.6 Å². The minimum Gasteiger partial charge on any atom is -0.444 e. The van der Waals surface area contributed by atoms with Gasteiger partial charge in [0.1, 0.15) is 11.7 Å². The lowest BCUT2D eigenvalue weighted by molar-refractivity contribution is 0.0201. The Balaban J connectivity index is 1.13. The van der Waals surface area contributed by atoms with Crippen molar-refractivity contribution in [1.29, 1.82) is 5.26 Å². The molecule has 3 fully saturated rings. The molecule has 41 heavy (non-hydrogen) atoms. The molecule has 1 spiro atoms. The van der Waals surface area contributed by atoms with E-state index in [0.29, 0.717) is 22.0 Å². The Kier molecular flexibility index (Phi) is 8.34. The highest BCUT2D eigenvalue weighted by Gasteiger charge is 2.44. The molecule has 3 aliphatic rings. The van der Waals surface area contributed by atoms with E-state index < -0.39 is 5.60 Å². The maximum Gasteiger partial charge on any atom is 0.410 e. The van der Waals surface area contributed by atoms with Gasteiger partial charge in [0, 0.05) is 68.9 Å². The summed E-state index contributed by atoms with van der Waals surface area (Å²) < 4.78 is 5.56. The summed E-state index contributed by atoms with van der Waals surface area (Å²) in [6.45, 7) is 13.1. The molecule has 0 saturated carbocycles. The minimum atomic E-state index is -0.473. The van der Waals surface area contributed by atoms with Gasteiger partial charge in [-0.1, -0.05) is 11.6 Å². The van der Waals surface area contributed by atoms with Crippen LogP contribution in [0.15, 0.2) is 42.5 Å². The van der Waals surface area contributed by atoms with Gasteiger partial charge in [-0.25, -0.2) is 4.79 Å². The molecule has 1 amide bonds. The predicted molar refractivity (Wildman–Crippen MR) is 167 cm³/mol. The van der Waals surface area contributed by atoms with Crippen LogP contribution in [-0.4, -0.2) is 68.4 Å². The first kappa shape index (κ1) is 29.4. The normalized spacial score (nSPS) is 21.2. The molecule has 7 nitrogen and oxygen atoms in total. The van der Waals surface area contributed by atoms with E-state index in [1.165, 1.54) is 30.6 Å². The Bertz CT molecular complexity index is 1270. The molecule has 0 aliphatic carbocycles. The Labute approximate surface area is 250 Å². The number of nitrogens with zero attached hydrogens (tertiary/aromatic N) is 5. The molecule has 8 heteroatoms. The molecule has 2 aromatic rings. The van der Waals surface area contributed by atoms with Crippen LogP contribution < -0.4 is 14.7 Å². The largest absolute Gasteiger partial charge is 0.444 e. The highest BCUT2D eigenvalue weighted by Crippen LogP contribution is 2.46. The van der Waals surface area contributed by atoms with Gasteiger partial charge in [0.2, 0.25) is 0 Å². The number of hydrogen-bond donors (Lipinski definition) is 0. The summed E-state index contributed by atoms with van der Waals surface area (Å²) in [5.41, 5.74) is 4.06. The van der Waals surface area contributed by atoms with Crippen LogP contribution in [0.1, 0.15) is 65.4 Å². The summed E-state index contributed by atoms with van der Waals surface area (Å²) in [5.74, 6) is 0. The highest BCUT2D eigenvalue weighted by molar-refractivity contribution is 6.32. The highest BCUT2D eigenvalue weighted by atomic mass is 35.5. The number of benzene rings is 2. The molecule has 3 aliphatic heterocycles. The number of carbonyl (C=O) groups is 1. The van der Waals surface area contributed by atoms with E-state index in [1.807, 2.05) is 46.0 Å². The van der Waals surface area contributed by atoms with Crippen LogP contribution in [-0.2, 0) is 4.74 Å². The lowest BCUT2D eigenvalue weighted by Gasteiger charge is -2.41. The smallest absolute Gasteiger partial charge is 0.410 e. The van der Waals surface area contributed by atoms with E-state index in [0.717, 1.165) is 51.3 Å². The molecule has 0 radical (unpaired) electrons. The maximum absolute atomic E-state index is 12.5. The molecule has 0 unspecified atom stereocenters. The minimum absolute atomic E-state index is 0.212. The second kappa shape index (κ2) is 11.6. The van der Waals surface area contributed by atoms with Crippen molar-refractivity contribution in [1.82, 2.24) is 4.90 Å². The third kappa shape index (κ3) is 6.54. The summed E-state index contributed by atoms with van der Waals surface area (Å²) in [5, 5.41) is 9.76. The molecule has 0 bridgehead atoms. The maximum atomic E-state index is 12.5. The van der Waals surface area contributed by atoms with Gasteiger partial charge < -0.3 is 24.3 Å². The number of piperidine rings is 2. The average Bonchev–Trinajstić information content (AvgIpc) is 3.27. The van der Waals surface area contributed by atoms with Crippen LogP contribution in [0.5, 0.6) is 0 Å². The number of rotatable bonds is 4. The molecular formula is C33H44ClN5O2. The fraction of sp³-hybridized carbons (Fsp3) is 0.576. The first-order chi connectivity index (χ1) is 19.5. The number of carbonyl (C=O) groups excluding carboxylic acids is 1. The number of ether oxygens (including phenoxy) is 1. The van der Waals surface area contributed by atoms with Crippen molar-refractivity contribution in [3.05, 3.63) is 53.1 Å². The molecule has 0 N–H and O–H groups in total. The van der Waals surface area contributed by atoms with E-state index in [1.54, 1.807) is 4.90 Å². The summed E-state index contributed by atoms with van der Waals surface area (Å²) >= 11 is 6.35. The van der Waals surface area contributed by atoms with Gasteiger partial charge in [0.05, 0.1) is 10.6 Å². The van der Waals surface area contributed by atoms with Crippen LogP contribution in [0.25, 0.3) is 0 Å². The van der Waals surface area contributed by atoms with Gasteiger partial charge >= 0.3 is 6.09 Å². The van der Waals surface area contributed by atoms with Gasteiger partial charge in [-0.3, -0.25) is 0 Å². The second-order valence-electron chi connectivity index (χ2n) is 13.3. The summed E-state index contributed by atoms with van der Waals surface area (Å²) in [4.78, 5) is 21.7. The molecule has 5 rings (SSSR count). The topological polar surface area (TPSA) is 63.0 Å². The lowest BCUT2D eigenvalue weighted by atomic mass is 9.76. The molecular weight excluding hydrogens is 534 g/mol. The van der Waals surface area contributed by atoms with Crippen molar-refractivity contribution in [2.45, 2.75) is 77.5 Å². The first-order valence-corrected chi connectivity index (χ1v) is 15.4. The zero-order chi connectivity index (χ0) is 29.4. The van der Waals surface area contributed by atoms with E-state index in [9.17, 15) is 10.1 Å². The van der Waals surface area contributed by atoms with Crippen LogP contribution in [0.3, 0.4) is 0 Å². The fourth-order valence-corrected chi connectivity index (χ4v) is 7.12. The third-order valence-electron chi connectivity index (χ3n) is 9.27. The zero-order valence-corrected chi connectivity index (χ0v) is 26.0. The summed E-state index contributed by atoms with van der Waals surface area (Å²) in [6, 6.07) is 17.7. The third-order valence-corrected chi connectivity index (χ3v) is 9.58. The number of nitriles is 1. The number of amides is 1. The number of anilines is 3. The molecule has 1 atom stereocenters. The van der Waals surface area contributed by atoms with Crippen LogP contribution in [0.2, 0.25) is 5.02 Å². The van der Waals surface area contributed by atoms with Gasteiger partial charge in [-0.2, -0.15) is 5.26 Å². The van der Waals surface area contributed by atoms with E-state index in [2.05, 4.69) is 52.0 Å². The molecule has 2 aromatic carbocycles. The Morgan fingerprint density at radius 2 is 1.56 bits per heavy atom. The van der Waals surface area contributed by atoms with Crippen LogP contribution in [0, 0.1) is 16.7 Å². The van der Waals surface area contributed by atoms with Gasteiger partial charge in [-0.15, -0.1) is 0 Å².